The zero-order chi connectivity index (χ0) is 15.1. The van der Waals surface area contributed by atoms with Crippen LogP contribution in [-0.2, 0) is 4.79 Å². The Bertz CT molecular complexity index is 720. The SMILES string of the molecule is Cc1c(C(=O)N2C[C@H](O)C[C@@H]2C(=O)O)oc2ccccc12. The minimum absolute atomic E-state index is 0.00624. The third kappa shape index (κ3) is 2.17. The van der Waals surface area contributed by atoms with Crippen LogP contribution in [0.3, 0.4) is 0 Å². The lowest BCUT2D eigenvalue weighted by Crippen LogP contribution is -2.40. The van der Waals surface area contributed by atoms with E-state index in [1.165, 1.54) is 0 Å². The van der Waals surface area contributed by atoms with Crippen molar-refractivity contribution in [2.24, 2.45) is 0 Å². The van der Waals surface area contributed by atoms with Crippen LogP contribution in [0.15, 0.2) is 28.7 Å². The second-order valence-electron chi connectivity index (χ2n) is 5.25. The van der Waals surface area contributed by atoms with E-state index in [-0.39, 0.29) is 18.7 Å². The molecule has 2 aromatic rings. The van der Waals surface area contributed by atoms with Crippen molar-refractivity contribution in [1.82, 2.24) is 4.90 Å². The van der Waals surface area contributed by atoms with Crippen molar-refractivity contribution >= 4 is 22.8 Å². The van der Waals surface area contributed by atoms with Crippen molar-refractivity contribution in [3.8, 4) is 0 Å². The van der Waals surface area contributed by atoms with E-state index in [0.29, 0.717) is 11.1 Å². The van der Waals surface area contributed by atoms with E-state index in [1.54, 1.807) is 19.1 Å². The zero-order valence-corrected chi connectivity index (χ0v) is 11.4. The fourth-order valence-electron chi connectivity index (χ4n) is 2.78. The number of furan rings is 1. The smallest absolute Gasteiger partial charge is 0.326 e. The molecule has 0 bridgehead atoms. The summed E-state index contributed by atoms with van der Waals surface area (Å²) in [6, 6.07) is 6.24. The highest BCUT2D eigenvalue weighted by Crippen LogP contribution is 2.28. The van der Waals surface area contributed by atoms with Gasteiger partial charge in [-0.25, -0.2) is 4.79 Å². The average Bonchev–Trinajstić information content (AvgIpc) is 3.00. The van der Waals surface area contributed by atoms with Crippen LogP contribution in [0.1, 0.15) is 22.5 Å². The molecule has 1 aromatic carbocycles. The van der Waals surface area contributed by atoms with Crippen molar-refractivity contribution in [1.29, 1.82) is 0 Å². The molecular weight excluding hydrogens is 274 g/mol. The van der Waals surface area contributed by atoms with Gasteiger partial charge in [0.1, 0.15) is 11.6 Å². The van der Waals surface area contributed by atoms with Crippen molar-refractivity contribution < 1.29 is 24.2 Å². The van der Waals surface area contributed by atoms with Gasteiger partial charge in [-0.2, -0.15) is 0 Å². The Morgan fingerprint density at radius 1 is 1.33 bits per heavy atom. The number of rotatable bonds is 2. The summed E-state index contributed by atoms with van der Waals surface area (Å²) >= 11 is 0. The van der Waals surface area contributed by atoms with E-state index in [2.05, 4.69) is 0 Å². The van der Waals surface area contributed by atoms with Gasteiger partial charge < -0.3 is 19.5 Å². The number of hydrogen-bond donors (Lipinski definition) is 2. The molecule has 1 aliphatic heterocycles. The number of amides is 1. The monoisotopic (exact) mass is 289 g/mol. The van der Waals surface area contributed by atoms with Gasteiger partial charge in [0.25, 0.3) is 5.91 Å². The summed E-state index contributed by atoms with van der Waals surface area (Å²) in [7, 11) is 0. The van der Waals surface area contributed by atoms with Crippen molar-refractivity contribution in [3.63, 3.8) is 0 Å². The maximum Gasteiger partial charge on any atom is 0.326 e. The molecule has 1 amide bonds. The predicted molar refractivity (Wildman–Crippen MR) is 74.0 cm³/mol. The molecule has 0 spiro atoms. The Kier molecular flexibility index (Phi) is 3.17. The molecule has 110 valence electrons. The number of carbonyl (C=O) groups is 2. The summed E-state index contributed by atoms with van der Waals surface area (Å²) in [5.74, 6) is -1.47. The molecule has 2 heterocycles. The first-order valence-corrected chi connectivity index (χ1v) is 6.69. The second-order valence-corrected chi connectivity index (χ2v) is 5.25. The topological polar surface area (TPSA) is 91.0 Å². The second kappa shape index (κ2) is 4.89. The molecule has 1 fully saturated rings. The van der Waals surface area contributed by atoms with E-state index in [0.717, 1.165) is 10.3 Å². The van der Waals surface area contributed by atoms with Crippen LogP contribution in [0.5, 0.6) is 0 Å². The van der Waals surface area contributed by atoms with E-state index in [9.17, 15) is 19.8 Å². The number of carboxylic acid groups (broad SMARTS) is 1. The quantitative estimate of drug-likeness (QED) is 0.872. The minimum atomic E-state index is -1.12. The first kappa shape index (κ1) is 13.6. The van der Waals surface area contributed by atoms with Crippen LogP contribution in [0.2, 0.25) is 0 Å². The largest absolute Gasteiger partial charge is 0.480 e. The molecule has 6 nitrogen and oxygen atoms in total. The van der Waals surface area contributed by atoms with E-state index < -0.39 is 24.0 Å². The Morgan fingerprint density at radius 2 is 2.05 bits per heavy atom. The number of fused-ring (bicyclic) bond motifs is 1. The van der Waals surface area contributed by atoms with Crippen LogP contribution in [-0.4, -0.2) is 45.7 Å². The number of aliphatic hydroxyl groups is 1. The summed E-state index contributed by atoms with van der Waals surface area (Å²) in [6.45, 7) is 1.77. The van der Waals surface area contributed by atoms with E-state index in [1.807, 2.05) is 12.1 Å². The van der Waals surface area contributed by atoms with Crippen LogP contribution < -0.4 is 0 Å². The van der Waals surface area contributed by atoms with Crippen molar-refractivity contribution in [2.75, 3.05) is 6.54 Å². The highest BCUT2D eigenvalue weighted by Gasteiger charge is 2.40. The molecule has 1 aromatic heterocycles. The summed E-state index contributed by atoms with van der Waals surface area (Å²) in [6.07, 6.45) is -0.778. The lowest BCUT2D eigenvalue weighted by molar-refractivity contribution is -0.141. The molecule has 1 aliphatic rings. The maximum atomic E-state index is 12.6. The molecule has 1 saturated heterocycles. The Balaban J connectivity index is 2.00. The minimum Gasteiger partial charge on any atom is -0.480 e. The molecule has 0 radical (unpaired) electrons. The molecule has 2 N–H and O–H groups in total. The molecule has 0 unspecified atom stereocenters. The van der Waals surface area contributed by atoms with Gasteiger partial charge in [-0.1, -0.05) is 18.2 Å². The van der Waals surface area contributed by atoms with Crippen LogP contribution in [0, 0.1) is 6.92 Å². The standard InChI is InChI=1S/C15H15NO5/c1-8-10-4-2-3-5-12(10)21-13(8)14(18)16-7-9(17)6-11(16)15(19)20/h2-5,9,11,17H,6-7H2,1H3,(H,19,20)/t9-,11-/m1/s1. The highest BCUT2D eigenvalue weighted by molar-refractivity contribution is 6.00. The fraction of sp³-hybridized carbons (Fsp3) is 0.333. The third-order valence-corrected chi connectivity index (χ3v) is 3.86. The molecule has 6 heteroatoms. The lowest BCUT2D eigenvalue weighted by Gasteiger charge is -2.20. The Hall–Kier alpha value is -2.34. The van der Waals surface area contributed by atoms with Gasteiger partial charge in [-0.15, -0.1) is 0 Å². The third-order valence-electron chi connectivity index (χ3n) is 3.86. The maximum absolute atomic E-state index is 12.6. The van der Waals surface area contributed by atoms with Crippen LogP contribution in [0.25, 0.3) is 11.0 Å². The zero-order valence-electron chi connectivity index (χ0n) is 11.4. The Morgan fingerprint density at radius 3 is 2.71 bits per heavy atom. The number of aliphatic hydroxyl groups excluding tert-OH is 1. The fourth-order valence-corrected chi connectivity index (χ4v) is 2.78. The Labute approximate surface area is 120 Å². The predicted octanol–water partition coefficient (Wildman–Crippen LogP) is 1.40. The number of hydrogen-bond acceptors (Lipinski definition) is 4. The molecule has 0 saturated carbocycles. The summed E-state index contributed by atoms with van der Waals surface area (Å²) < 4.78 is 5.57. The summed E-state index contributed by atoms with van der Waals surface area (Å²) in [5.41, 5.74) is 1.27. The number of carbonyl (C=O) groups excluding carboxylic acids is 1. The molecular formula is C15H15NO5. The van der Waals surface area contributed by atoms with Gasteiger partial charge in [-0.3, -0.25) is 4.79 Å². The van der Waals surface area contributed by atoms with Gasteiger partial charge in [0.05, 0.1) is 6.10 Å². The number of nitrogens with zero attached hydrogens (tertiary/aromatic N) is 1. The number of aryl methyl sites for hydroxylation is 1. The van der Waals surface area contributed by atoms with Gasteiger partial charge in [0.2, 0.25) is 0 Å². The number of β-amino-alcohol motifs (C(OH)–C–C–N with tert-alkyl or cyclic N) is 1. The normalized spacial score (nSPS) is 21.9. The molecule has 3 rings (SSSR count). The van der Waals surface area contributed by atoms with Crippen LogP contribution in [0.4, 0.5) is 0 Å². The number of aliphatic carboxylic acids is 1. The first-order valence-electron chi connectivity index (χ1n) is 6.69. The summed E-state index contributed by atoms with van der Waals surface area (Å²) in [5, 5.41) is 19.6. The molecule has 0 aliphatic carbocycles. The lowest BCUT2D eigenvalue weighted by atomic mass is 10.1. The van der Waals surface area contributed by atoms with Gasteiger partial charge in [-0.05, 0) is 13.0 Å². The van der Waals surface area contributed by atoms with Gasteiger partial charge in [0.15, 0.2) is 5.76 Å². The van der Waals surface area contributed by atoms with Gasteiger partial charge in [0, 0.05) is 23.9 Å². The highest BCUT2D eigenvalue weighted by atomic mass is 16.4. The number of para-hydroxylation sites is 1. The van der Waals surface area contributed by atoms with Crippen LogP contribution >= 0.6 is 0 Å². The number of carboxylic acids is 1. The molecule has 21 heavy (non-hydrogen) atoms. The van der Waals surface area contributed by atoms with Crippen molar-refractivity contribution in [2.45, 2.75) is 25.5 Å². The summed E-state index contributed by atoms with van der Waals surface area (Å²) in [4.78, 5) is 24.9. The van der Waals surface area contributed by atoms with Crippen molar-refractivity contribution in [3.05, 3.63) is 35.6 Å². The molecule has 2 atom stereocenters. The average molecular weight is 289 g/mol. The van der Waals surface area contributed by atoms with E-state index in [4.69, 9.17) is 4.42 Å². The number of likely N-dealkylation sites (tertiary alicyclic amines) is 1. The first-order chi connectivity index (χ1) is 9.99. The van der Waals surface area contributed by atoms with Gasteiger partial charge >= 0.3 is 5.97 Å². The van der Waals surface area contributed by atoms with E-state index >= 15 is 0 Å². The number of benzene rings is 1.